The molecule has 0 bridgehead atoms. The molecular weight excluding hydrogens is 215 g/mol. The van der Waals surface area contributed by atoms with Gasteiger partial charge in [-0.25, -0.2) is 0 Å². The van der Waals surface area contributed by atoms with Crippen LogP contribution in [0.1, 0.15) is 57.8 Å². The van der Waals surface area contributed by atoms with Crippen LogP contribution in [-0.2, 0) is 0 Å². The first-order valence-corrected chi connectivity index (χ1v) is 6.31. The van der Waals surface area contributed by atoms with Crippen LogP contribution in [0.3, 0.4) is 0 Å². The van der Waals surface area contributed by atoms with Gasteiger partial charge in [-0.2, -0.15) is 13.2 Å². The SMILES string of the molecule is NC(CCC(F)(F)F)C1CCCCCCC1. The van der Waals surface area contributed by atoms with E-state index in [2.05, 4.69) is 0 Å². The molecule has 96 valence electrons. The molecule has 0 aromatic heterocycles. The standard InChI is InChI=1S/C12H22F3N/c13-12(14,15)9-8-11(16)10-6-4-2-1-3-5-7-10/h10-11H,1-9,16H2. The molecule has 0 radical (unpaired) electrons. The van der Waals surface area contributed by atoms with Crippen LogP contribution in [0, 0.1) is 5.92 Å². The van der Waals surface area contributed by atoms with E-state index in [1.54, 1.807) is 0 Å². The third kappa shape index (κ3) is 5.73. The quantitative estimate of drug-likeness (QED) is 0.788. The Kier molecular flexibility index (Phi) is 5.59. The molecule has 16 heavy (non-hydrogen) atoms. The molecule has 1 aliphatic carbocycles. The van der Waals surface area contributed by atoms with Crippen molar-refractivity contribution in [2.24, 2.45) is 11.7 Å². The van der Waals surface area contributed by atoms with Gasteiger partial charge in [-0.1, -0.05) is 32.1 Å². The second-order valence-corrected chi connectivity index (χ2v) is 4.92. The fourth-order valence-electron chi connectivity index (χ4n) is 2.48. The summed E-state index contributed by atoms with van der Waals surface area (Å²) < 4.78 is 36.2. The molecule has 0 amide bonds. The van der Waals surface area contributed by atoms with Crippen LogP contribution < -0.4 is 5.73 Å². The van der Waals surface area contributed by atoms with Gasteiger partial charge in [0.05, 0.1) is 0 Å². The zero-order chi connectivity index (χ0) is 12.0. The van der Waals surface area contributed by atoms with Gasteiger partial charge < -0.3 is 5.73 Å². The van der Waals surface area contributed by atoms with Crippen molar-refractivity contribution in [1.82, 2.24) is 0 Å². The van der Waals surface area contributed by atoms with E-state index >= 15 is 0 Å². The Bertz CT molecular complexity index is 183. The van der Waals surface area contributed by atoms with Gasteiger partial charge in [0, 0.05) is 12.5 Å². The third-order valence-corrected chi connectivity index (χ3v) is 3.52. The highest BCUT2D eigenvalue weighted by Crippen LogP contribution is 2.28. The molecule has 0 aliphatic heterocycles. The third-order valence-electron chi connectivity index (χ3n) is 3.52. The minimum Gasteiger partial charge on any atom is -0.327 e. The fraction of sp³-hybridized carbons (Fsp3) is 1.00. The highest BCUT2D eigenvalue weighted by atomic mass is 19.4. The second-order valence-electron chi connectivity index (χ2n) is 4.92. The average Bonchev–Trinajstić information content (AvgIpc) is 2.12. The van der Waals surface area contributed by atoms with Crippen LogP contribution in [0.25, 0.3) is 0 Å². The van der Waals surface area contributed by atoms with Crippen molar-refractivity contribution in [3.63, 3.8) is 0 Å². The molecule has 0 spiro atoms. The maximum absolute atomic E-state index is 12.1. The highest BCUT2D eigenvalue weighted by molar-refractivity contribution is 4.75. The smallest absolute Gasteiger partial charge is 0.327 e. The van der Waals surface area contributed by atoms with Crippen molar-refractivity contribution in [2.45, 2.75) is 70.0 Å². The van der Waals surface area contributed by atoms with E-state index in [9.17, 15) is 13.2 Å². The van der Waals surface area contributed by atoms with E-state index in [4.69, 9.17) is 5.73 Å². The van der Waals surface area contributed by atoms with Crippen LogP contribution in [0.2, 0.25) is 0 Å². The lowest BCUT2D eigenvalue weighted by atomic mass is 9.84. The van der Waals surface area contributed by atoms with Gasteiger partial charge in [0.1, 0.15) is 0 Å². The Balaban J connectivity index is 2.29. The van der Waals surface area contributed by atoms with Gasteiger partial charge in [-0.15, -0.1) is 0 Å². The lowest BCUT2D eigenvalue weighted by Crippen LogP contribution is -2.32. The Labute approximate surface area is 95.6 Å². The Morgan fingerprint density at radius 3 is 2.00 bits per heavy atom. The monoisotopic (exact) mass is 237 g/mol. The van der Waals surface area contributed by atoms with Gasteiger partial charge in [0.25, 0.3) is 0 Å². The normalized spacial score (nSPS) is 22.5. The van der Waals surface area contributed by atoms with Crippen molar-refractivity contribution in [3.05, 3.63) is 0 Å². The molecule has 0 saturated heterocycles. The van der Waals surface area contributed by atoms with E-state index in [0.717, 1.165) is 25.7 Å². The van der Waals surface area contributed by atoms with Gasteiger partial charge in [0.2, 0.25) is 0 Å². The summed E-state index contributed by atoms with van der Waals surface area (Å²) in [6.07, 6.45) is 3.28. The van der Waals surface area contributed by atoms with Crippen molar-refractivity contribution in [1.29, 1.82) is 0 Å². The van der Waals surface area contributed by atoms with E-state index in [1.807, 2.05) is 0 Å². The molecule has 4 heteroatoms. The van der Waals surface area contributed by atoms with Crippen LogP contribution in [0.4, 0.5) is 13.2 Å². The number of rotatable bonds is 3. The maximum Gasteiger partial charge on any atom is 0.389 e. The Morgan fingerprint density at radius 1 is 1.00 bits per heavy atom. The largest absolute Gasteiger partial charge is 0.389 e. The molecule has 1 aliphatic rings. The van der Waals surface area contributed by atoms with Crippen molar-refractivity contribution < 1.29 is 13.2 Å². The molecule has 1 nitrogen and oxygen atoms in total. The van der Waals surface area contributed by atoms with E-state index < -0.39 is 12.6 Å². The summed E-state index contributed by atoms with van der Waals surface area (Å²) >= 11 is 0. The fourth-order valence-corrected chi connectivity index (χ4v) is 2.48. The van der Waals surface area contributed by atoms with Crippen molar-refractivity contribution in [2.75, 3.05) is 0 Å². The van der Waals surface area contributed by atoms with E-state index in [0.29, 0.717) is 5.92 Å². The van der Waals surface area contributed by atoms with Gasteiger partial charge >= 0.3 is 6.18 Å². The highest BCUT2D eigenvalue weighted by Gasteiger charge is 2.29. The number of alkyl halides is 3. The summed E-state index contributed by atoms with van der Waals surface area (Å²) in [4.78, 5) is 0. The van der Waals surface area contributed by atoms with Crippen LogP contribution in [-0.4, -0.2) is 12.2 Å². The summed E-state index contributed by atoms with van der Waals surface area (Å²) in [6.45, 7) is 0. The minimum atomic E-state index is -4.06. The molecule has 0 aromatic rings. The van der Waals surface area contributed by atoms with Gasteiger partial charge in [0.15, 0.2) is 0 Å². The Morgan fingerprint density at radius 2 is 1.50 bits per heavy atom. The summed E-state index contributed by atoms with van der Waals surface area (Å²) in [6, 6.07) is -0.264. The maximum atomic E-state index is 12.1. The summed E-state index contributed by atoms with van der Waals surface area (Å²) in [5.74, 6) is 0.308. The van der Waals surface area contributed by atoms with Gasteiger partial charge in [-0.05, 0) is 25.2 Å². The lowest BCUT2D eigenvalue weighted by Gasteiger charge is -2.26. The van der Waals surface area contributed by atoms with E-state index in [-0.39, 0.29) is 12.5 Å². The number of nitrogens with two attached hydrogens (primary N) is 1. The van der Waals surface area contributed by atoms with Crippen LogP contribution >= 0.6 is 0 Å². The molecule has 1 fully saturated rings. The minimum absolute atomic E-state index is 0.0914. The molecule has 2 N–H and O–H groups in total. The molecule has 1 unspecified atom stereocenters. The molecule has 0 aromatic carbocycles. The van der Waals surface area contributed by atoms with Crippen molar-refractivity contribution >= 4 is 0 Å². The summed E-state index contributed by atoms with van der Waals surface area (Å²) in [5, 5.41) is 0. The molecule has 1 rings (SSSR count). The average molecular weight is 237 g/mol. The first-order valence-electron chi connectivity index (χ1n) is 6.31. The number of hydrogen-bond donors (Lipinski definition) is 1. The topological polar surface area (TPSA) is 26.0 Å². The second kappa shape index (κ2) is 6.48. The zero-order valence-corrected chi connectivity index (χ0v) is 9.73. The predicted molar refractivity (Wildman–Crippen MR) is 59.1 cm³/mol. The zero-order valence-electron chi connectivity index (χ0n) is 9.73. The van der Waals surface area contributed by atoms with Crippen molar-refractivity contribution in [3.8, 4) is 0 Å². The number of halogens is 3. The first kappa shape index (κ1) is 13.8. The van der Waals surface area contributed by atoms with Gasteiger partial charge in [-0.3, -0.25) is 0 Å². The molecule has 1 saturated carbocycles. The summed E-state index contributed by atoms with van der Waals surface area (Å²) in [5.41, 5.74) is 5.88. The van der Waals surface area contributed by atoms with E-state index in [1.165, 1.54) is 19.3 Å². The Hall–Kier alpha value is -0.250. The predicted octanol–water partition coefficient (Wildman–Crippen LogP) is 4.02. The van der Waals surface area contributed by atoms with Crippen LogP contribution in [0.5, 0.6) is 0 Å². The van der Waals surface area contributed by atoms with Crippen LogP contribution in [0.15, 0.2) is 0 Å². The summed E-state index contributed by atoms with van der Waals surface area (Å²) in [7, 11) is 0. The molecular formula is C12H22F3N. The molecule has 0 heterocycles. The molecule has 1 atom stereocenters. The number of hydrogen-bond acceptors (Lipinski definition) is 1. The first-order chi connectivity index (χ1) is 7.49. The lowest BCUT2D eigenvalue weighted by molar-refractivity contribution is -0.136.